The van der Waals surface area contributed by atoms with E-state index in [1.165, 1.54) is 44.3 Å². The average Bonchev–Trinajstić information content (AvgIpc) is 3.67. The molecule has 0 N–H and O–H groups in total. The summed E-state index contributed by atoms with van der Waals surface area (Å²) in [6, 6.07) is 8.28. The molecular formula is C25H20ClFN4O5. The summed E-state index contributed by atoms with van der Waals surface area (Å²) in [4.78, 5) is 51.7. The fourth-order valence-corrected chi connectivity index (χ4v) is 4.51. The molecule has 184 valence electrons. The van der Waals surface area contributed by atoms with Crippen LogP contribution in [-0.2, 0) is 7.05 Å². The number of rotatable bonds is 5. The van der Waals surface area contributed by atoms with E-state index < -0.39 is 22.6 Å². The Bertz CT molecular complexity index is 1770. The number of ether oxygens (including phenoxy) is 1. The molecule has 0 bridgehead atoms. The molecule has 4 aromatic rings. The van der Waals surface area contributed by atoms with Crippen LogP contribution >= 0.6 is 11.6 Å². The third-order valence-corrected chi connectivity index (χ3v) is 6.67. The van der Waals surface area contributed by atoms with E-state index in [0.717, 1.165) is 13.7 Å². The smallest absolute Gasteiger partial charge is 0.337 e. The largest absolute Gasteiger partial charge is 0.454 e. The maximum atomic E-state index is 15.2. The van der Waals surface area contributed by atoms with Crippen LogP contribution in [0, 0.1) is 24.6 Å². The molecule has 0 aliphatic heterocycles. The van der Waals surface area contributed by atoms with Crippen molar-refractivity contribution >= 4 is 28.3 Å². The maximum Gasteiger partial charge on any atom is 0.337 e. The molecule has 1 aliphatic carbocycles. The minimum absolute atomic E-state index is 0.0111. The van der Waals surface area contributed by atoms with Crippen molar-refractivity contribution in [2.24, 2.45) is 12.2 Å². The first-order valence-electron chi connectivity index (χ1n) is 11.1. The Morgan fingerprint density at radius 1 is 1.08 bits per heavy atom. The highest BCUT2D eigenvalue weighted by molar-refractivity contribution is 6.34. The zero-order valence-corrected chi connectivity index (χ0v) is 20.3. The molecule has 1 saturated carbocycles. The second-order valence-electron chi connectivity index (χ2n) is 8.78. The van der Waals surface area contributed by atoms with E-state index >= 15 is 4.39 Å². The van der Waals surface area contributed by atoms with Gasteiger partial charge in [-0.1, -0.05) is 23.7 Å². The summed E-state index contributed by atoms with van der Waals surface area (Å²) in [5.74, 6) is -0.843. The Kier molecular flexibility index (Phi) is 5.63. The first-order chi connectivity index (χ1) is 17.1. The number of halogens is 2. The number of benzene rings is 2. The van der Waals surface area contributed by atoms with Crippen LogP contribution in [0.5, 0.6) is 11.5 Å². The van der Waals surface area contributed by atoms with Crippen LogP contribution in [0.4, 0.5) is 10.1 Å². The summed E-state index contributed by atoms with van der Waals surface area (Å²) in [5, 5.41) is 2.65. The third-order valence-electron chi connectivity index (χ3n) is 6.29. The molecule has 5 rings (SSSR count). The highest BCUT2D eigenvalue weighted by Crippen LogP contribution is 2.39. The van der Waals surface area contributed by atoms with Crippen molar-refractivity contribution in [3.05, 3.63) is 94.5 Å². The van der Waals surface area contributed by atoms with Gasteiger partial charge in [-0.25, -0.2) is 13.8 Å². The number of hydrogen-bond donors (Lipinski definition) is 0. The van der Waals surface area contributed by atoms with E-state index in [9.17, 15) is 19.3 Å². The van der Waals surface area contributed by atoms with Gasteiger partial charge in [0, 0.05) is 13.1 Å². The van der Waals surface area contributed by atoms with Gasteiger partial charge in [-0.15, -0.1) is 4.91 Å². The second kappa shape index (κ2) is 8.56. The molecule has 9 nitrogen and oxygen atoms in total. The molecule has 0 amide bonds. The summed E-state index contributed by atoms with van der Waals surface area (Å²) in [7, 11) is 1.40. The van der Waals surface area contributed by atoms with Gasteiger partial charge in [-0.3, -0.25) is 18.7 Å². The number of aromatic nitrogens is 3. The number of nitrogens with zero attached hydrogens (tertiary/aromatic N) is 4. The Labute approximate surface area is 207 Å². The summed E-state index contributed by atoms with van der Waals surface area (Å²) in [6.45, 7) is 3.17. The number of pyridine rings is 1. The fraction of sp³-hybridized carbons (Fsp3) is 0.240. The van der Waals surface area contributed by atoms with Crippen molar-refractivity contribution in [3.8, 4) is 17.2 Å². The molecule has 0 atom stereocenters. The van der Waals surface area contributed by atoms with E-state index in [1.54, 1.807) is 13.0 Å². The predicted octanol–water partition coefficient (Wildman–Crippen LogP) is 4.79. The first kappa shape index (κ1) is 23.7. The lowest BCUT2D eigenvalue weighted by atomic mass is 10.1. The summed E-state index contributed by atoms with van der Waals surface area (Å²) >= 11 is 6.26. The number of fused-ring (bicyclic) bond motifs is 1. The van der Waals surface area contributed by atoms with E-state index in [1.807, 2.05) is 0 Å². The Hall–Kier alpha value is -4.05. The summed E-state index contributed by atoms with van der Waals surface area (Å²) in [6.07, 6.45) is 1.22. The minimum Gasteiger partial charge on any atom is -0.454 e. The van der Waals surface area contributed by atoms with E-state index in [4.69, 9.17) is 16.3 Å². The van der Waals surface area contributed by atoms with Crippen LogP contribution in [-0.4, -0.2) is 13.7 Å². The van der Waals surface area contributed by atoms with E-state index in [2.05, 4.69) is 5.18 Å². The zero-order chi connectivity index (χ0) is 25.9. The molecule has 2 heterocycles. The SMILES string of the molecule is Cc1ccc(-n2c(=O)n(C3CC3)c(=O)c3c(Oc4cccc(N=O)c4Cl)c(C)c(=O)n(C)c32)c(F)c1. The molecule has 0 radical (unpaired) electrons. The van der Waals surface area contributed by atoms with Crippen LogP contribution in [0.15, 0.2) is 56.0 Å². The van der Waals surface area contributed by atoms with Gasteiger partial charge in [0.05, 0.1) is 11.3 Å². The molecule has 0 spiro atoms. The van der Waals surface area contributed by atoms with Crippen molar-refractivity contribution in [1.29, 1.82) is 0 Å². The van der Waals surface area contributed by atoms with Gasteiger partial charge in [0.15, 0.2) is 5.75 Å². The molecule has 2 aromatic carbocycles. The van der Waals surface area contributed by atoms with Crippen molar-refractivity contribution in [2.75, 3.05) is 0 Å². The molecule has 1 aliphatic rings. The lowest BCUT2D eigenvalue weighted by Crippen LogP contribution is -2.41. The van der Waals surface area contributed by atoms with Crippen LogP contribution in [0.25, 0.3) is 16.7 Å². The average molecular weight is 511 g/mol. The summed E-state index contributed by atoms with van der Waals surface area (Å²) in [5.41, 5.74) is -1.62. The van der Waals surface area contributed by atoms with Crippen molar-refractivity contribution < 1.29 is 9.13 Å². The second-order valence-corrected chi connectivity index (χ2v) is 9.16. The predicted molar refractivity (Wildman–Crippen MR) is 134 cm³/mol. The van der Waals surface area contributed by atoms with E-state index in [-0.39, 0.29) is 50.5 Å². The van der Waals surface area contributed by atoms with Crippen LogP contribution in [0.2, 0.25) is 5.02 Å². The van der Waals surface area contributed by atoms with Gasteiger partial charge in [-0.2, -0.15) is 0 Å². The molecule has 1 fully saturated rings. The standard InChI is InChI=1S/C25H20ClFN4O5/c1-12-7-10-17(15(27)11-12)31-22-19(24(33)30(25(31)34)14-8-9-14)21(13(2)23(32)29(22)3)36-18-6-4-5-16(28-35)20(18)26/h4-7,10-11,14H,8-9H2,1-3H3. The maximum absolute atomic E-state index is 15.2. The number of aryl methyl sites for hydroxylation is 2. The van der Waals surface area contributed by atoms with Crippen LogP contribution in [0.3, 0.4) is 0 Å². The lowest BCUT2D eigenvalue weighted by molar-refractivity contribution is 0.480. The molecule has 2 aromatic heterocycles. The Morgan fingerprint density at radius 2 is 1.81 bits per heavy atom. The Morgan fingerprint density at radius 3 is 2.44 bits per heavy atom. The van der Waals surface area contributed by atoms with Crippen LogP contribution < -0.4 is 21.5 Å². The van der Waals surface area contributed by atoms with Crippen molar-refractivity contribution in [3.63, 3.8) is 0 Å². The van der Waals surface area contributed by atoms with Crippen LogP contribution in [0.1, 0.15) is 30.0 Å². The van der Waals surface area contributed by atoms with Gasteiger partial charge in [0.2, 0.25) is 0 Å². The van der Waals surface area contributed by atoms with Gasteiger partial charge in [0.25, 0.3) is 11.1 Å². The quantitative estimate of drug-likeness (QED) is 0.359. The molecule has 0 saturated heterocycles. The topological polar surface area (TPSA) is 105 Å². The number of nitroso groups, excluding NO2 is 1. The number of hydrogen-bond acceptors (Lipinski definition) is 6. The fourth-order valence-electron chi connectivity index (χ4n) is 4.31. The summed E-state index contributed by atoms with van der Waals surface area (Å²) < 4.78 is 24.4. The molecule has 36 heavy (non-hydrogen) atoms. The monoisotopic (exact) mass is 510 g/mol. The molecular weight excluding hydrogens is 491 g/mol. The molecule has 0 unspecified atom stereocenters. The first-order valence-corrected chi connectivity index (χ1v) is 11.5. The van der Waals surface area contributed by atoms with Gasteiger partial charge >= 0.3 is 5.69 Å². The highest BCUT2D eigenvalue weighted by Gasteiger charge is 2.32. The normalized spacial score (nSPS) is 13.2. The van der Waals surface area contributed by atoms with E-state index in [0.29, 0.717) is 18.4 Å². The lowest BCUT2D eigenvalue weighted by Gasteiger charge is -2.20. The molecule has 11 heteroatoms. The van der Waals surface area contributed by atoms with Gasteiger partial charge in [0.1, 0.15) is 33.3 Å². The third kappa shape index (κ3) is 3.56. The van der Waals surface area contributed by atoms with Gasteiger partial charge < -0.3 is 4.74 Å². The highest BCUT2D eigenvalue weighted by atomic mass is 35.5. The van der Waals surface area contributed by atoms with Crippen molar-refractivity contribution in [1.82, 2.24) is 13.7 Å². The Balaban J connectivity index is 1.96. The van der Waals surface area contributed by atoms with Gasteiger partial charge in [-0.05, 0) is 61.7 Å². The zero-order valence-electron chi connectivity index (χ0n) is 19.5. The van der Waals surface area contributed by atoms with Crippen molar-refractivity contribution in [2.45, 2.75) is 32.7 Å². The minimum atomic E-state index is -0.757.